The van der Waals surface area contributed by atoms with Crippen LogP contribution in [0.15, 0.2) is 18.2 Å². The molecule has 16 heavy (non-hydrogen) atoms. The van der Waals surface area contributed by atoms with E-state index in [1.807, 2.05) is 0 Å². The molecule has 0 spiro atoms. The standard InChI is InChI=1S/C10H12NO4S/c1-3-9(12)7-4-5-10(15-2)8(6-7)11-16(13)14/h4-6H,3H2,1-2H3,(H,11,13,14). The Labute approximate surface area is 95.5 Å². The van der Waals surface area contributed by atoms with Crippen LogP contribution in [-0.4, -0.2) is 21.3 Å². The van der Waals surface area contributed by atoms with Gasteiger partial charge in [0.2, 0.25) is 0 Å². The summed E-state index contributed by atoms with van der Waals surface area (Å²) in [4.78, 5) is 11.4. The van der Waals surface area contributed by atoms with Gasteiger partial charge in [-0.25, -0.2) is 0 Å². The maximum Gasteiger partial charge on any atom is 0.293 e. The first-order valence-electron chi connectivity index (χ1n) is 4.65. The molecule has 87 valence electrons. The van der Waals surface area contributed by atoms with E-state index in [4.69, 9.17) is 4.74 Å². The summed E-state index contributed by atoms with van der Waals surface area (Å²) in [5, 5.41) is 0. The van der Waals surface area contributed by atoms with Crippen molar-refractivity contribution in [3.8, 4) is 5.75 Å². The van der Waals surface area contributed by atoms with Gasteiger partial charge in [0.15, 0.2) is 5.78 Å². The number of hydrogen-bond acceptors (Lipinski definition) is 4. The molecule has 0 aromatic heterocycles. The molecular formula is C10H12NO4S. The molecule has 0 aliphatic rings. The highest BCUT2D eigenvalue weighted by Gasteiger charge is 2.09. The SMILES string of the molecule is CCC(=O)c1ccc(OC)c(N[S](=O)=O)c1. The van der Waals surface area contributed by atoms with E-state index in [1.54, 1.807) is 19.1 Å². The maximum absolute atomic E-state index is 11.4. The third-order valence-corrected chi connectivity index (χ3v) is 2.42. The van der Waals surface area contributed by atoms with Gasteiger partial charge >= 0.3 is 0 Å². The van der Waals surface area contributed by atoms with Gasteiger partial charge in [-0.15, -0.1) is 0 Å². The fourth-order valence-electron chi connectivity index (χ4n) is 1.26. The third kappa shape index (κ3) is 2.90. The van der Waals surface area contributed by atoms with Gasteiger partial charge in [-0.2, -0.15) is 8.42 Å². The van der Waals surface area contributed by atoms with Gasteiger partial charge in [0.1, 0.15) is 5.75 Å². The minimum absolute atomic E-state index is 0.0533. The molecule has 0 saturated carbocycles. The summed E-state index contributed by atoms with van der Waals surface area (Å²) in [6.45, 7) is 1.74. The van der Waals surface area contributed by atoms with Crippen molar-refractivity contribution in [2.45, 2.75) is 13.3 Å². The molecule has 1 N–H and O–H groups in total. The number of carbonyl (C=O) groups excluding carboxylic acids is 1. The average Bonchev–Trinajstić information content (AvgIpc) is 2.27. The molecule has 0 bridgehead atoms. The number of carbonyl (C=O) groups is 1. The largest absolute Gasteiger partial charge is 0.495 e. The fourth-order valence-corrected chi connectivity index (χ4v) is 1.59. The van der Waals surface area contributed by atoms with E-state index in [0.29, 0.717) is 17.7 Å². The highest BCUT2D eigenvalue weighted by atomic mass is 32.2. The topological polar surface area (TPSA) is 72.5 Å². The molecule has 0 unspecified atom stereocenters. The Balaban J connectivity index is 3.15. The smallest absolute Gasteiger partial charge is 0.293 e. The molecule has 6 heteroatoms. The zero-order valence-electron chi connectivity index (χ0n) is 8.98. The zero-order chi connectivity index (χ0) is 12.1. The summed E-state index contributed by atoms with van der Waals surface area (Å²) < 4.78 is 28.2. The van der Waals surface area contributed by atoms with Crippen LogP contribution in [0.5, 0.6) is 5.75 Å². The molecule has 0 aliphatic carbocycles. The number of rotatable bonds is 5. The number of anilines is 1. The highest BCUT2D eigenvalue weighted by Crippen LogP contribution is 2.25. The van der Waals surface area contributed by atoms with Crippen LogP contribution in [-0.2, 0) is 10.9 Å². The van der Waals surface area contributed by atoms with E-state index in [9.17, 15) is 13.2 Å². The summed E-state index contributed by atoms with van der Waals surface area (Å²) in [5.74, 6) is 0.319. The number of ketones is 1. The molecular weight excluding hydrogens is 230 g/mol. The number of ether oxygens (including phenoxy) is 1. The number of Topliss-reactive ketones (excluding diaryl/α,β-unsaturated/α-hetero) is 1. The molecule has 1 aromatic rings. The second kappa shape index (κ2) is 5.41. The van der Waals surface area contributed by atoms with E-state index >= 15 is 0 Å². The van der Waals surface area contributed by atoms with Crippen LogP contribution in [0.4, 0.5) is 5.69 Å². The molecule has 0 amide bonds. The zero-order valence-corrected chi connectivity index (χ0v) is 9.80. The van der Waals surface area contributed by atoms with E-state index in [-0.39, 0.29) is 11.5 Å². The quantitative estimate of drug-likeness (QED) is 0.794. The van der Waals surface area contributed by atoms with Gasteiger partial charge in [0, 0.05) is 12.0 Å². The lowest BCUT2D eigenvalue weighted by molar-refractivity contribution is 0.0988. The molecule has 0 saturated heterocycles. The third-order valence-electron chi connectivity index (χ3n) is 2.04. The van der Waals surface area contributed by atoms with Crippen LogP contribution in [0.1, 0.15) is 23.7 Å². The van der Waals surface area contributed by atoms with Gasteiger partial charge < -0.3 is 4.74 Å². The minimum atomic E-state index is -2.44. The van der Waals surface area contributed by atoms with Crippen molar-refractivity contribution in [1.82, 2.24) is 0 Å². The summed E-state index contributed by atoms with van der Waals surface area (Å²) >= 11 is 0. The summed E-state index contributed by atoms with van der Waals surface area (Å²) in [5.41, 5.74) is 0.714. The van der Waals surface area contributed by atoms with Crippen molar-refractivity contribution in [1.29, 1.82) is 0 Å². The number of hydrogen-bond donors (Lipinski definition) is 1. The van der Waals surface area contributed by atoms with Crippen molar-refractivity contribution in [2.24, 2.45) is 0 Å². The first-order valence-corrected chi connectivity index (χ1v) is 5.73. The second-order valence-corrected chi connectivity index (χ2v) is 3.70. The lowest BCUT2D eigenvalue weighted by Gasteiger charge is -2.07. The first kappa shape index (κ1) is 12.4. The Morgan fingerprint density at radius 3 is 2.62 bits per heavy atom. The molecule has 1 aromatic carbocycles. The number of methoxy groups -OCH3 is 1. The van der Waals surface area contributed by atoms with Crippen LogP contribution in [0.2, 0.25) is 0 Å². The summed E-state index contributed by atoms with van der Waals surface area (Å²) in [6, 6.07) is 4.61. The van der Waals surface area contributed by atoms with Crippen LogP contribution < -0.4 is 9.46 Å². The number of benzene rings is 1. The van der Waals surface area contributed by atoms with Crippen molar-refractivity contribution < 1.29 is 17.9 Å². The fraction of sp³-hybridized carbons (Fsp3) is 0.300. The molecule has 0 fully saturated rings. The van der Waals surface area contributed by atoms with Crippen LogP contribution in [0.3, 0.4) is 0 Å². The monoisotopic (exact) mass is 242 g/mol. The van der Waals surface area contributed by atoms with Crippen LogP contribution >= 0.6 is 0 Å². The normalized spacial score (nSPS) is 9.62. The van der Waals surface area contributed by atoms with Crippen molar-refractivity contribution in [3.05, 3.63) is 23.8 Å². The van der Waals surface area contributed by atoms with E-state index < -0.39 is 10.9 Å². The van der Waals surface area contributed by atoms with Crippen LogP contribution in [0.25, 0.3) is 0 Å². The van der Waals surface area contributed by atoms with Gasteiger partial charge in [0.25, 0.3) is 10.9 Å². The lowest BCUT2D eigenvalue weighted by atomic mass is 10.1. The Morgan fingerprint density at radius 2 is 2.12 bits per heavy atom. The van der Waals surface area contributed by atoms with Gasteiger partial charge in [-0.3, -0.25) is 9.52 Å². The Kier molecular flexibility index (Phi) is 4.19. The molecule has 0 aliphatic heterocycles. The molecule has 1 rings (SSSR count). The predicted octanol–water partition coefficient (Wildman–Crippen LogP) is 1.49. The number of nitrogens with one attached hydrogen (secondary N) is 1. The van der Waals surface area contributed by atoms with Crippen molar-refractivity contribution in [2.75, 3.05) is 11.8 Å². The molecule has 0 heterocycles. The Bertz CT molecular complexity index is 460. The Hall–Kier alpha value is -1.69. The summed E-state index contributed by atoms with van der Waals surface area (Å²) in [7, 11) is -1.02. The predicted molar refractivity (Wildman–Crippen MR) is 60.2 cm³/mol. The van der Waals surface area contributed by atoms with Crippen molar-refractivity contribution >= 4 is 22.4 Å². The van der Waals surface area contributed by atoms with Gasteiger partial charge in [-0.1, -0.05) is 6.92 Å². The van der Waals surface area contributed by atoms with E-state index in [2.05, 4.69) is 4.72 Å². The van der Waals surface area contributed by atoms with Crippen LogP contribution in [0, 0.1) is 0 Å². The molecule has 5 nitrogen and oxygen atoms in total. The van der Waals surface area contributed by atoms with E-state index in [0.717, 1.165) is 0 Å². The molecule has 1 radical (unpaired) electrons. The highest BCUT2D eigenvalue weighted by molar-refractivity contribution is 7.73. The minimum Gasteiger partial charge on any atom is -0.495 e. The lowest BCUT2D eigenvalue weighted by Crippen LogP contribution is -2.02. The van der Waals surface area contributed by atoms with Gasteiger partial charge in [-0.05, 0) is 18.2 Å². The maximum atomic E-state index is 11.4. The average molecular weight is 242 g/mol. The van der Waals surface area contributed by atoms with E-state index in [1.165, 1.54) is 13.2 Å². The first-order chi connectivity index (χ1) is 7.58. The summed E-state index contributed by atoms with van der Waals surface area (Å²) in [6.07, 6.45) is 0.367. The second-order valence-electron chi connectivity index (χ2n) is 3.03. The Morgan fingerprint density at radius 1 is 1.44 bits per heavy atom. The van der Waals surface area contributed by atoms with Gasteiger partial charge in [0.05, 0.1) is 12.8 Å². The van der Waals surface area contributed by atoms with Crippen molar-refractivity contribution in [3.63, 3.8) is 0 Å². The molecule has 0 atom stereocenters.